The van der Waals surface area contributed by atoms with E-state index in [1.807, 2.05) is 30.3 Å². The third kappa shape index (κ3) is 2.93. The molecular formula is C20H18N2O3S. The Morgan fingerprint density at radius 1 is 1.00 bits per heavy atom. The van der Waals surface area contributed by atoms with E-state index in [1.165, 1.54) is 6.92 Å². The summed E-state index contributed by atoms with van der Waals surface area (Å²) in [6, 6.07) is 18.0. The van der Waals surface area contributed by atoms with Crippen molar-refractivity contribution < 1.29 is 13.2 Å². The van der Waals surface area contributed by atoms with Crippen LogP contribution in [0.1, 0.15) is 12.5 Å². The Hall–Kier alpha value is -2.86. The molecule has 26 heavy (non-hydrogen) atoms. The van der Waals surface area contributed by atoms with Crippen LogP contribution in [0.5, 0.6) is 0 Å². The van der Waals surface area contributed by atoms with Gasteiger partial charge in [-0.25, -0.2) is 8.42 Å². The highest BCUT2D eigenvalue weighted by Crippen LogP contribution is 2.32. The van der Waals surface area contributed by atoms with Gasteiger partial charge in [-0.3, -0.25) is 9.52 Å². The summed E-state index contributed by atoms with van der Waals surface area (Å²) >= 11 is 0. The first-order valence-corrected chi connectivity index (χ1v) is 9.85. The summed E-state index contributed by atoms with van der Waals surface area (Å²) in [7, 11) is -3.71. The molecule has 1 heterocycles. The topological polar surface area (TPSA) is 66.5 Å². The predicted molar refractivity (Wildman–Crippen MR) is 103 cm³/mol. The lowest BCUT2D eigenvalue weighted by Crippen LogP contribution is -2.25. The van der Waals surface area contributed by atoms with Gasteiger partial charge in [0, 0.05) is 19.2 Å². The number of fused-ring (bicyclic) bond motifs is 2. The Balaban J connectivity index is 1.67. The van der Waals surface area contributed by atoms with Crippen molar-refractivity contribution in [1.29, 1.82) is 0 Å². The highest BCUT2D eigenvalue weighted by molar-refractivity contribution is 7.92. The van der Waals surface area contributed by atoms with Gasteiger partial charge in [-0.15, -0.1) is 0 Å². The second-order valence-corrected chi connectivity index (χ2v) is 8.06. The zero-order valence-corrected chi connectivity index (χ0v) is 15.1. The molecule has 1 aliphatic heterocycles. The van der Waals surface area contributed by atoms with Crippen LogP contribution in [0.4, 0.5) is 11.4 Å². The van der Waals surface area contributed by atoms with Gasteiger partial charge in [-0.05, 0) is 47.0 Å². The lowest BCUT2D eigenvalue weighted by Gasteiger charge is -2.16. The number of hydrogen-bond donors (Lipinski definition) is 1. The van der Waals surface area contributed by atoms with Gasteiger partial charge < -0.3 is 4.90 Å². The van der Waals surface area contributed by atoms with Gasteiger partial charge in [0.2, 0.25) is 5.91 Å². The summed E-state index contributed by atoms with van der Waals surface area (Å²) in [5, 5.41) is 1.85. The number of benzene rings is 3. The number of hydrogen-bond acceptors (Lipinski definition) is 3. The number of carbonyl (C=O) groups is 1. The van der Waals surface area contributed by atoms with Crippen molar-refractivity contribution in [3.8, 4) is 0 Å². The van der Waals surface area contributed by atoms with Gasteiger partial charge in [-0.2, -0.15) is 0 Å². The molecule has 0 saturated heterocycles. The smallest absolute Gasteiger partial charge is 0.261 e. The average molecular weight is 366 g/mol. The lowest BCUT2D eigenvalue weighted by molar-refractivity contribution is -0.116. The molecular weight excluding hydrogens is 348 g/mol. The molecule has 1 aliphatic rings. The molecule has 4 rings (SSSR count). The summed E-state index contributed by atoms with van der Waals surface area (Å²) in [4.78, 5) is 13.6. The summed E-state index contributed by atoms with van der Waals surface area (Å²) in [6.45, 7) is 2.15. The number of nitrogens with one attached hydrogen (secondary N) is 1. The summed E-state index contributed by atoms with van der Waals surface area (Å²) in [6.07, 6.45) is 0.784. The van der Waals surface area contributed by atoms with E-state index >= 15 is 0 Å². The molecule has 6 heteroatoms. The van der Waals surface area contributed by atoms with E-state index in [-0.39, 0.29) is 10.8 Å². The highest BCUT2D eigenvalue weighted by atomic mass is 32.2. The van der Waals surface area contributed by atoms with E-state index < -0.39 is 10.0 Å². The molecule has 0 fully saturated rings. The van der Waals surface area contributed by atoms with E-state index in [0.717, 1.165) is 28.4 Å². The fourth-order valence-electron chi connectivity index (χ4n) is 3.32. The Labute approximate surface area is 152 Å². The zero-order valence-electron chi connectivity index (χ0n) is 14.3. The SMILES string of the molecule is CC(=O)N1CCc2ccc(NS(=O)(=O)c3ccc4ccccc4c3)cc21. The molecule has 1 amide bonds. The minimum Gasteiger partial charge on any atom is -0.312 e. The normalized spacial score (nSPS) is 13.7. The van der Waals surface area contributed by atoms with Crippen LogP contribution in [0, 0.1) is 0 Å². The monoisotopic (exact) mass is 366 g/mol. The molecule has 5 nitrogen and oxygen atoms in total. The summed E-state index contributed by atoms with van der Waals surface area (Å²) in [5.74, 6) is -0.0433. The predicted octanol–water partition coefficient (Wildman–Crippen LogP) is 3.55. The van der Waals surface area contributed by atoms with Gasteiger partial charge in [-0.1, -0.05) is 36.4 Å². The molecule has 0 aliphatic carbocycles. The minimum atomic E-state index is -3.71. The fourth-order valence-corrected chi connectivity index (χ4v) is 4.40. The Bertz CT molecular complexity index is 1120. The van der Waals surface area contributed by atoms with Crippen molar-refractivity contribution in [2.24, 2.45) is 0 Å². The second kappa shape index (κ2) is 6.14. The fraction of sp³-hybridized carbons (Fsp3) is 0.150. The second-order valence-electron chi connectivity index (χ2n) is 6.38. The Kier molecular flexibility index (Phi) is 3.92. The summed E-state index contributed by atoms with van der Waals surface area (Å²) in [5.41, 5.74) is 2.27. The van der Waals surface area contributed by atoms with Crippen molar-refractivity contribution in [2.45, 2.75) is 18.2 Å². The number of carbonyl (C=O) groups excluding carboxylic acids is 1. The standard InChI is InChI=1S/C20H18N2O3S/c1-14(23)22-11-10-16-6-8-18(13-20(16)22)21-26(24,25)19-9-7-15-4-2-3-5-17(15)12-19/h2-9,12-13,21H,10-11H2,1H3. The van der Waals surface area contributed by atoms with Crippen molar-refractivity contribution >= 4 is 38.1 Å². The maximum atomic E-state index is 12.8. The van der Waals surface area contributed by atoms with Gasteiger partial charge in [0.1, 0.15) is 0 Å². The number of nitrogens with zero attached hydrogens (tertiary/aromatic N) is 1. The largest absolute Gasteiger partial charge is 0.312 e. The van der Waals surface area contributed by atoms with Gasteiger partial charge in [0.15, 0.2) is 0 Å². The maximum absolute atomic E-state index is 12.8. The van der Waals surface area contributed by atoms with Crippen LogP contribution in [0.3, 0.4) is 0 Å². The van der Waals surface area contributed by atoms with Gasteiger partial charge >= 0.3 is 0 Å². The van der Waals surface area contributed by atoms with E-state index in [0.29, 0.717) is 12.2 Å². The first kappa shape index (κ1) is 16.6. The summed E-state index contributed by atoms with van der Waals surface area (Å²) < 4.78 is 28.2. The minimum absolute atomic E-state index is 0.0433. The van der Waals surface area contributed by atoms with E-state index in [4.69, 9.17) is 0 Å². The molecule has 1 N–H and O–H groups in total. The van der Waals surface area contributed by atoms with Crippen molar-refractivity contribution in [1.82, 2.24) is 0 Å². The molecule has 0 radical (unpaired) electrons. The quantitative estimate of drug-likeness (QED) is 0.771. The van der Waals surface area contributed by atoms with Crippen LogP contribution in [0.25, 0.3) is 10.8 Å². The molecule has 3 aromatic carbocycles. The molecule has 0 bridgehead atoms. The molecule has 132 valence electrons. The maximum Gasteiger partial charge on any atom is 0.261 e. The number of anilines is 2. The van der Waals surface area contributed by atoms with Gasteiger partial charge in [0.25, 0.3) is 10.0 Å². The number of amides is 1. The number of sulfonamides is 1. The van der Waals surface area contributed by atoms with Gasteiger partial charge in [0.05, 0.1) is 10.6 Å². The van der Waals surface area contributed by atoms with E-state index in [1.54, 1.807) is 35.2 Å². The molecule has 0 unspecified atom stereocenters. The van der Waals surface area contributed by atoms with Crippen LogP contribution in [0.2, 0.25) is 0 Å². The van der Waals surface area contributed by atoms with Crippen LogP contribution in [-0.2, 0) is 21.2 Å². The van der Waals surface area contributed by atoms with Crippen LogP contribution < -0.4 is 9.62 Å². The third-order valence-corrected chi connectivity index (χ3v) is 6.02. The molecule has 0 spiro atoms. The first-order valence-electron chi connectivity index (χ1n) is 8.37. The van der Waals surface area contributed by atoms with Crippen molar-refractivity contribution in [3.05, 3.63) is 66.2 Å². The molecule has 0 aromatic heterocycles. The van der Waals surface area contributed by atoms with Crippen LogP contribution in [0.15, 0.2) is 65.6 Å². The van der Waals surface area contributed by atoms with Crippen molar-refractivity contribution in [3.63, 3.8) is 0 Å². The lowest BCUT2D eigenvalue weighted by atomic mass is 10.1. The number of rotatable bonds is 3. The third-order valence-electron chi connectivity index (χ3n) is 4.64. The van der Waals surface area contributed by atoms with Crippen molar-refractivity contribution in [2.75, 3.05) is 16.2 Å². The Morgan fingerprint density at radius 2 is 1.77 bits per heavy atom. The first-order chi connectivity index (χ1) is 12.4. The van der Waals surface area contributed by atoms with E-state index in [2.05, 4.69) is 4.72 Å². The van der Waals surface area contributed by atoms with Crippen LogP contribution >= 0.6 is 0 Å². The molecule has 3 aromatic rings. The molecule has 0 saturated carbocycles. The van der Waals surface area contributed by atoms with Crippen LogP contribution in [-0.4, -0.2) is 20.9 Å². The van der Waals surface area contributed by atoms with E-state index in [9.17, 15) is 13.2 Å². The average Bonchev–Trinajstić information content (AvgIpc) is 3.04. The molecule has 0 atom stereocenters. The highest BCUT2D eigenvalue weighted by Gasteiger charge is 2.23. The zero-order chi connectivity index (χ0) is 18.3. The Morgan fingerprint density at radius 3 is 2.54 bits per heavy atom.